The highest BCUT2D eigenvalue weighted by molar-refractivity contribution is 7.16. The number of thiazole rings is 1. The van der Waals surface area contributed by atoms with Crippen LogP contribution in [0.15, 0.2) is 23.7 Å². The summed E-state index contributed by atoms with van der Waals surface area (Å²) >= 11 is 1.63. The second-order valence-corrected chi connectivity index (χ2v) is 9.43. The molecule has 30 heavy (non-hydrogen) atoms. The first-order valence-electron chi connectivity index (χ1n) is 10.5. The highest BCUT2D eigenvalue weighted by Gasteiger charge is 2.55. The van der Waals surface area contributed by atoms with Gasteiger partial charge in [0.2, 0.25) is 5.91 Å². The van der Waals surface area contributed by atoms with Crippen LogP contribution in [0.2, 0.25) is 0 Å². The van der Waals surface area contributed by atoms with Crippen molar-refractivity contribution in [2.75, 3.05) is 24.5 Å². The zero-order valence-corrected chi connectivity index (χ0v) is 17.7. The Hall–Kier alpha value is -2.68. The number of hydrogen-bond acceptors (Lipinski definition) is 6. The molecule has 1 saturated carbocycles. The number of piperazine rings is 1. The van der Waals surface area contributed by atoms with Crippen molar-refractivity contribution in [2.45, 2.75) is 44.2 Å². The van der Waals surface area contributed by atoms with Gasteiger partial charge >= 0.3 is 6.03 Å². The molecule has 2 N–H and O–H groups in total. The summed E-state index contributed by atoms with van der Waals surface area (Å²) in [5.74, 6) is -0.0815. The molecular weight excluding hydrogens is 402 g/mol. The molecule has 2 aromatic rings. The van der Waals surface area contributed by atoms with Gasteiger partial charge in [-0.25, -0.2) is 9.78 Å². The van der Waals surface area contributed by atoms with Crippen LogP contribution >= 0.6 is 11.3 Å². The van der Waals surface area contributed by atoms with Crippen LogP contribution in [0.5, 0.6) is 0 Å². The quantitative estimate of drug-likeness (QED) is 0.713. The first kappa shape index (κ1) is 19.3. The normalized spacial score (nSPS) is 26.8. The summed E-state index contributed by atoms with van der Waals surface area (Å²) in [6, 6.07) is 6.06. The summed E-state index contributed by atoms with van der Waals surface area (Å²) in [4.78, 5) is 45.5. The van der Waals surface area contributed by atoms with Crippen LogP contribution in [0.25, 0.3) is 10.2 Å². The number of imide groups is 1. The lowest BCUT2D eigenvalue weighted by molar-refractivity contribution is -0.133. The van der Waals surface area contributed by atoms with Gasteiger partial charge in [-0.1, -0.05) is 0 Å². The number of benzene rings is 1. The molecule has 2 atom stereocenters. The van der Waals surface area contributed by atoms with Gasteiger partial charge in [0, 0.05) is 37.8 Å². The minimum absolute atomic E-state index is 0.0494. The van der Waals surface area contributed by atoms with Gasteiger partial charge in [0.25, 0.3) is 5.91 Å². The number of nitrogens with one attached hydrogen (secondary N) is 2. The zero-order valence-electron chi connectivity index (χ0n) is 16.9. The fraction of sp³-hybridized carbons (Fsp3) is 0.524. The van der Waals surface area contributed by atoms with Crippen LogP contribution in [-0.2, 0) is 9.59 Å². The average molecular weight is 428 g/mol. The Labute approximate surface area is 178 Å². The minimum atomic E-state index is -0.898. The van der Waals surface area contributed by atoms with E-state index in [1.807, 2.05) is 16.5 Å². The molecule has 8 nitrogen and oxygen atoms in total. The second-order valence-electron chi connectivity index (χ2n) is 8.54. The maximum Gasteiger partial charge on any atom is 0.322 e. The molecule has 0 spiro atoms. The van der Waals surface area contributed by atoms with Gasteiger partial charge < -0.3 is 15.1 Å². The number of rotatable bonds is 5. The van der Waals surface area contributed by atoms with E-state index in [1.165, 1.54) is 4.70 Å². The number of anilines is 1. The molecule has 158 valence electrons. The largest absolute Gasteiger partial charge is 0.365 e. The smallest absolute Gasteiger partial charge is 0.322 e. The molecule has 5 rings (SSSR count). The van der Waals surface area contributed by atoms with Crippen molar-refractivity contribution in [3.8, 4) is 0 Å². The maximum absolute atomic E-state index is 12.9. The van der Waals surface area contributed by atoms with Crippen molar-refractivity contribution in [1.82, 2.24) is 20.5 Å². The molecule has 1 aliphatic carbocycles. The van der Waals surface area contributed by atoms with Crippen LogP contribution in [0, 0.1) is 5.92 Å². The summed E-state index contributed by atoms with van der Waals surface area (Å²) in [5.41, 5.74) is 3.13. The lowest BCUT2D eigenvalue weighted by Gasteiger charge is -2.41. The molecule has 4 amide bonds. The molecule has 1 aromatic carbocycles. The molecule has 1 aromatic heterocycles. The maximum atomic E-state index is 12.9. The van der Waals surface area contributed by atoms with E-state index in [-0.39, 0.29) is 30.2 Å². The fourth-order valence-electron chi connectivity index (χ4n) is 4.80. The van der Waals surface area contributed by atoms with E-state index >= 15 is 0 Å². The summed E-state index contributed by atoms with van der Waals surface area (Å²) in [6.07, 6.45) is 2.47. The first-order chi connectivity index (χ1) is 14.5. The first-order valence-corrected chi connectivity index (χ1v) is 11.4. The monoisotopic (exact) mass is 427 g/mol. The van der Waals surface area contributed by atoms with Gasteiger partial charge in [-0.3, -0.25) is 14.9 Å². The molecule has 2 aliphatic heterocycles. The molecule has 3 heterocycles. The van der Waals surface area contributed by atoms with Crippen molar-refractivity contribution < 1.29 is 14.4 Å². The fourth-order valence-corrected chi connectivity index (χ4v) is 5.51. The zero-order chi connectivity index (χ0) is 20.9. The Bertz CT molecular complexity index is 1020. The third-order valence-corrected chi connectivity index (χ3v) is 7.39. The summed E-state index contributed by atoms with van der Waals surface area (Å²) < 4.78 is 1.17. The predicted octanol–water partition coefficient (Wildman–Crippen LogP) is 2.10. The van der Waals surface area contributed by atoms with Gasteiger partial charge in [0.1, 0.15) is 5.54 Å². The SMILES string of the molecule is C[C@H]1CN(C(=O)CCC2(C3CC3)NC(=O)NC2=O)CCN1c1ccc2ncsc2c1. The van der Waals surface area contributed by atoms with E-state index in [9.17, 15) is 14.4 Å². The number of hydrogen-bond donors (Lipinski definition) is 2. The lowest BCUT2D eigenvalue weighted by atomic mass is 9.87. The van der Waals surface area contributed by atoms with Gasteiger partial charge in [-0.05, 0) is 50.3 Å². The molecule has 9 heteroatoms. The third-order valence-electron chi connectivity index (χ3n) is 6.60. The van der Waals surface area contributed by atoms with Crippen molar-refractivity contribution in [1.29, 1.82) is 0 Å². The van der Waals surface area contributed by atoms with Crippen LogP contribution in [0.4, 0.5) is 10.5 Å². The highest BCUT2D eigenvalue weighted by atomic mass is 32.1. The summed E-state index contributed by atoms with van der Waals surface area (Å²) in [6.45, 7) is 4.20. The Kier molecular flexibility index (Phi) is 4.65. The molecular formula is C21H25N5O3S. The lowest BCUT2D eigenvalue weighted by Crippen LogP contribution is -2.54. The van der Waals surface area contributed by atoms with E-state index in [4.69, 9.17) is 0 Å². The number of carbonyl (C=O) groups is 3. The Morgan fingerprint density at radius 3 is 2.83 bits per heavy atom. The topological polar surface area (TPSA) is 94.6 Å². The number of amides is 4. The van der Waals surface area contributed by atoms with Gasteiger partial charge in [-0.15, -0.1) is 11.3 Å². The predicted molar refractivity (Wildman–Crippen MR) is 114 cm³/mol. The average Bonchev–Trinajstić information content (AvgIpc) is 3.40. The van der Waals surface area contributed by atoms with Crippen molar-refractivity contribution in [2.24, 2.45) is 5.92 Å². The third kappa shape index (κ3) is 3.30. The van der Waals surface area contributed by atoms with E-state index < -0.39 is 11.6 Å². The van der Waals surface area contributed by atoms with Gasteiger partial charge in [-0.2, -0.15) is 0 Å². The van der Waals surface area contributed by atoms with Gasteiger partial charge in [0.05, 0.1) is 15.7 Å². The minimum Gasteiger partial charge on any atom is -0.365 e. The number of carbonyl (C=O) groups excluding carboxylic acids is 3. The van der Waals surface area contributed by atoms with E-state index in [2.05, 4.69) is 39.6 Å². The van der Waals surface area contributed by atoms with Crippen molar-refractivity contribution in [3.05, 3.63) is 23.7 Å². The standard InChI is InChI=1S/C21H25N5O3S/c1-13-11-25(8-9-26(13)15-4-5-16-17(10-15)30-12-22-16)18(27)6-7-21(14-2-3-14)19(28)23-20(29)24-21/h4-5,10,12-14H,2-3,6-9,11H2,1H3,(H2,23,24,28,29)/t13-,21?/m0/s1. The number of fused-ring (bicyclic) bond motifs is 1. The summed E-state index contributed by atoms with van der Waals surface area (Å²) in [7, 11) is 0. The van der Waals surface area contributed by atoms with Crippen molar-refractivity contribution >= 4 is 45.1 Å². The van der Waals surface area contributed by atoms with Gasteiger partial charge in [0.15, 0.2) is 0 Å². The molecule has 1 unspecified atom stereocenters. The van der Waals surface area contributed by atoms with Crippen LogP contribution in [0.3, 0.4) is 0 Å². The Balaban J connectivity index is 1.22. The summed E-state index contributed by atoms with van der Waals surface area (Å²) in [5, 5.41) is 5.15. The van der Waals surface area contributed by atoms with Crippen LogP contribution in [0.1, 0.15) is 32.6 Å². The number of nitrogens with zero attached hydrogens (tertiary/aromatic N) is 3. The highest BCUT2D eigenvalue weighted by Crippen LogP contribution is 2.43. The Morgan fingerprint density at radius 1 is 1.30 bits per heavy atom. The van der Waals surface area contributed by atoms with E-state index in [0.717, 1.165) is 30.6 Å². The molecule has 3 fully saturated rings. The van der Waals surface area contributed by atoms with E-state index in [0.29, 0.717) is 19.5 Å². The molecule has 0 bridgehead atoms. The van der Waals surface area contributed by atoms with Crippen molar-refractivity contribution in [3.63, 3.8) is 0 Å². The van der Waals surface area contributed by atoms with Crippen LogP contribution < -0.4 is 15.5 Å². The molecule has 2 saturated heterocycles. The molecule has 0 radical (unpaired) electrons. The van der Waals surface area contributed by atoms with E-state index in [1.54, 1.807) is 11.3 Å². The second kappa shape index (κ2) is 7.23. The number of aromatic nitrogens is 1. The number of urea groups is 1. The molecule has 3 aliphatic rings. The van der Waals surface area contributed by atoms with Crippen LogP contribution in [-0.4, -0.2) is 58.9 Å². The Morgan fingerprint density at radius 2 is 2.13 bits per heavy atom.